The standard InChI is InChI=1S/C27H34O2S/c1-17(2)19-14-20-21(15-23(19)29-6)27(5)13-12-25(30-18-10-8-7-9-11-18)26(3,4)24(27)16-22(20)28/h7-11,14-15,17,24-25H,12-13,16H2,1-6H3/t24?,25-,27+/m0/s1. The Balaban J connectivity index is 1.75. The molecular formula is C27H34O2S. The Morgan fingerprint density at radius 3 is 2.43 bits per heavy atom. The molecular weight excluding hydrogens is 388 g/mol. The first-order valence-corrected chi connectivity index (χ1v) is 12.0. The Kier molecular flexibility index (Phi) is 5.55. The molecule has 0 saturated heterocycles. The fraction of sp³-hybridized carbons (Fsp3) is 0.519. The Bertz CT molecular complexity index is 947. The zero-order valence-electron chi connectivity index (χ0n) is 19.1. The lowest BCUT2D eigenvalue weighted by Crippen LogP contribution is -2.54. The highest BCUT2D eigenvalue weighted by Gasteiger charge is 2.55. The van der Waals surface area contributed by atoms with Gasteiger partial charge < -0.3 is 4.74 Å². The third-order valence-corrected chi connectivity index (χ3v) is 9.41. The summed E-state index contributed by atoms with van der Waals surface area (Å²) in [5.74, 6) is 1.89. The molecule has 4 rings (SSSR count). The van der Waals surface area contributed by atoms with Crippen molar-refractivity contribution in [2.45, 2.75) is 75.4 Å². The van der Waals surface area contributed by atoms with Gasteiger partial charge in [-0.15, -0.1) is 11.8 Å². The van der Waals surface area contributed by atoms with Crippen molar-refractivity contribution in [2.75, 3.05) is 7.11 Å². The van der Waals surface area contributed by atoms with Crippen LogP contribution in [0, 0.1) is 11.3 Å². The minimum atomic E-state index is 0.00325. The van der Waals surface area contributed by atoms with Crippen LogP contribution in [0.2, 0.25) is 0 Å². The molecule has 0 radical (unpaired) electrons. The highest BCUT2D eigenvalue weighted by molar-refractivity contribution is 8.00. The molecule has 2 nitrogen and oxygen atoms in total. The molecule has 0 N–H and O–H groups in total. The molecule has 2 aliphatic rings. The van der Waals surface area contributed by atoms with Crippen LogP contribution in [0.5, 0.6) is 5.75 Å². The summed E-state index contributed by atoms with van der Waals surface area (Å²) >= 11 is 1.99. The van der Waals surface area contributed by atoms with Crippen LogP contribution in [0.4, 0.5) is 0 Å². The number of thioether (sulfide) groups is 1. The summed E-state index contributed by atoms with van der Waals surface area (Å²) < 4.78 is 5.77. The van der Waals surface area contributed by atoms with Crippen molar-refractivity contribution >= 4 is 17.5 Å². The van der Waals surface area contributed by atoms with Crippen LogP contribution in [0.25, 0.3) is 0 Å². The van der Waals surface area contributed by atoms with Gasteiger partial charge in [0.15, 0.2) is 5.78 Å². The molecule has 1 saturated carbocycles. The summed E-state index contributed by atoms with van der Waals surface area (Å²) in [6, 6.07) is 15.0. The van der Waals surface area contributed by atoms with Gasteiger partial charge in [-0.2, -0.15) is 0 Å². The lowest BCUT2D eigenvalue weighted by Gasteiger charge is -2.57. The van der Waals surface area contributed by atoms with E-state index in [-0.39, 0.29) is 10.8 Å². The summed E-state index contributed by atoms with van der Waals surface area (Å²) in [5, 5.41) is 0.504. The number of carbonyl (C=O) groups is 1. The number of hydrogen-bond acceptors (Lipinski definition) is 3. The third kappa shape index (κ3) is 3.39. The number of methoxy groups -OCH3 is 1. The first-order valence-electron chi connectivity index (χ1n) is 11.2. The van der Waals surface area contributed by atoms with E-state index in [2.05, 4.69) is 77.1 Å². The van der Waals surface area contributed by atoms with Crippen molar-refractivity contribution in [3.8, 4) is 5.75 Å². The molecule has 0 amide bonds. The van der Waals surface area contributed by atoms with Crippen molar-refractivity contribution in [1.82, 2.24) is 0 Å². The molecule has 0 aliphatic heterocycles. The van der Waals surface area contributed by atoms with E-state index < -0.39 is 0 Å². The van der Waals surface area contributed by atoms with Crippen molar-refractivity contribution in [2.24, 2.45) is 11.3 Å². The third-order valence-electron chi connectivity index (χ3n) is 7.74. The summed E-state index contributed by atoms with van der Waals surface area (Å²) in [6.45, 7) is 11.5. The molecule has 2 aromatic carbocycles. The first kappa shape index (κ1) is 21.5. The van der Waals surface area contributed by atoms with Gasteiger partial charge in [0.2, 0.25) is 0 Å². The lowest BCUT2D eigenvalue weighted by atomic mass is 9.50. The summed E-state index contributed by atoms with van der Waals surface area (Å²) in [5.41, 5.74) is 3.34. The normalized spacial score (nSPS) is 27.5. The Hall–Kier alpha value is -1.74. The molecule has 0 heterocycles. The monoisotopic (exact) mass is 422 g/mol. The predicted octanol–water partition coefficient (Wildman–Crippen LogP) is 7.26. The van der Waals surface area contributed by atoms with Crippen LogP contribution in [0.3, 0.4) is 0 Å². The number of rotatable bonds is 4. The van der Waals surface area contributed by atoms with Gasteiger partial charge in [0.25, 0.3) is 0 Å². The average Bonchev–Trinajstić information content (AvgIpc) is 2.72. The highest BCUT2D eigenvalue weighted by atomic mass is 32.2. The van der Waals surface area contributed by atoms with E-state index in [4.69, 9.17) is 4.74 Å². The Morgan fingerprint density at radius 2 is 1.80 bits per heavy atom. The maximum atomic E-state index is 13.4. The summed E-state index contributed by atoms with van der Waals surface area (Å²) in [7, 11) is 1.75. The second kappa shape index (κ2) is 7.75. The van der Waals surface area contributed by atoms with Gasteiger partial charge in [-0.25, -0.2) is 0 Å². The van der Waals surface area contributed by atoms with Crippen molar-refractivity contribution in [1.29, 1.82) is 0 Å². The van der Waals surface area contributed by atoms with E-state index in [1.54, 1.807) is 7.11 Å². The molecule has 160 valence electrons. The average molecular weight is 423 g/mol. The molecule has 0 spiro atoms. The van der Waals surface area contributed by atoms with Crippen molar-refractivity contribution < 1.29 is 9.53 Å². The number of benzene rings is 2. The maximum Gasteiger partial charge on any atom is 0.163 e. The molecule has 30 heavy (non-hydrogen) atoms. The number of ketones is 1. The summed E-state index contributed by atoms with van der Waals surface area (Å²) in [4.78, 5) is 14.7. The van der Waals surface area contributed by atoms with Crippen molar-refractivity contribution in [3.05, 3.63) is 59.2 Å². The topological polar surface area (TPSA) is 26.3 Å². The van der Waals surface area contributed by atoms with Crippen LogP contribution < -0.4 is 4.74 Å². The van der Waals surface area contributed by atoms with Crippen LogP contribution in [-0.2, 0) is 5.41 Å². The SMILES string of the molecule is COc1cc2c(cc1C(C)C)C(=O)CC1C(C)(C)[C@@H](Sc3ccccc3)CC[C@]21C. The number of ether oxygens (including phenoxy) is 1. The molecule has 2 aliphatic carbocycles. The minimum absolute atomic E-state index is 0.00325. The Labute approximate surface area is 185 Å². The fourth-order valence-corrected chi connectivity index (χ4v) is 7.28. The van der Waals surface area contributed by atoms with Gasteiger partial charge in [0, 0.05) is 22.1 Å². The molecule has 3 atom stereocenters. The van der Waals surface area contributed by atoms with Crippen LogP contribution in [0.15, 0.2) is 47.4 Å². The number of fused-ring (bicyclic) bond motifs is 3. The molecule has 0 bridgehead atoms. The highest BCUT2D eigenvalue weighted by Crippen LogP contribution is 2.60. The number of carbonyl (C=O) groups excluding carboxylic acids is 1. The van der Waals surface area contributed by atoms with Gasteiger partial charge >= 0.3 is 0 Å². The number of Topliss-reactive ketones (excluding diaryl/α,β-unsaturated/α-hetero) is 1. The molecule has 2 aromatic rings. The molecule has 1 unspecified atom stereocenters. The van der Waals surface area contributed by atoms with Crippen LogP contribution in [-0.4, -0.2) is 18.1 Å². The Morgan fingerprint density at radius 1 is 1.10 bits per heavy atom. The summed E-state index contributed by atoms with van der Waals surface area (Å²) in [6.07, 6.45) is 2.91. The van der Waals surface area contributed by atoms with Gasteiger partial charge in [-0.1, -0.05) is 52.8 Å². The lowest BCUT2D eigenvalue weighted by molar-refractivity contribution is 0.0415. The van der Waals surface area contributed by atoms with E-state index >= 15 is 0 Å². The fourth-order valence-electron chi connectivity index (χ4n) is 5.93. The minimum Gasteiger partial charge on any atom is -0.496 e. The van der Waals surface area contributed by atoms with Crippen LogP contribution in [0.1, 0.15) is 81.3 Å². The molecule has 1 fully saturated rings. The smallest absolute Gasteiger partial charge is 0.163 e. The van der Waals surface area contributed by atoms with E-state index in [0.717, 1.165) is 29.7 Å². The van der Waals surface area contributed by atoms with E-state index in [9.17, 15) is 4.79 Å². The zero-order valence-corrected chi connectivity index (χ0v) is 19.9. The van der Waals surface area contributed by atoms with E-state index in [0.29, 0.717) is 29.3 Å². The van der Waals surface area contributed by atoms with Gasteiger partial charge in [0.1, 0.15) is 5.75 Å². The van der Waals surface area contributed by atoms with Gasteiger partial charge in [0.05, 0.1) is 7.11 Å². The van der Waals surface area contributed by atoms with E-state index in [1.807, 2.05) is 11.8 Å². The van der Waals surface area contributed by atoms with Gasteiger partial charge in [-0.05, 0) is 70.9 Å². The quantitative estimate of drug-likeness (QED) is 0.518. The van der Waals surface area contributed by atoms with Crippen molar-refractivity contribution in [3.63, 3.8) is 0 Å². The van der Waals surface area contributed by atoms with Gasteiger partial charge in [-0.3, -0.25) is 4.79 Å². The first-order chi connectivity index (χ1) is 14.2. The second-order valence-corrected chi connectivity index (χ2v) is 11.4. The number of hydrogen-bond donors (Lipinski definition) is 0. The second-order valence-electron chi connectivity index (χ2n) is 10.2. The molecule has 3 heteroatoms. The zero-order chi connectivity index (χ0) is 21.7. The van der Waals surface area contributed by atoms with E-state index in [1.165, 1.54) is 10.5 Å². The maximum absolute atomic E-state index is 13.4. The largest absolute Gasteiger partial charge is 0.496 e. The molecule has 0 aromatic heterocycles. The predicted molar refractivity (Wildman–Crippen MR) is 126 cm³/mol. The van der Waals surface area contributed by atoms with Crippen LogP contribution >= 0.6 is 11.8 Å².